The largest absolute Gasteiger partial charge is 0.338 e. The molecule has 1 N–H and O–H groups in total. The van der Waals surface area contributed by atoms with Crippen LogP contribution in [0.2, 0.25) is 0 Å². The van der Waals surface area contributed by atoms with Gasteiger partial charge in [0.15, 0.2) is 0 Å². The van der Waals surface area contributed by atoms with Crippen LogP contribution in [0.1, 0.15) is 52.6 Å². The molecule has 4 rings (SSSR count). The monoisotopic (exact) mass is 406 g/mol. The molecule has 0 saturated carbocycles. The molecule has 2 aromatic heterocycles. The molecule has 1 saturated heterocycles. The van der Waals surface area contributed by atoms with Crippen LogP contribution in [0.4, 0.5) is 5.69 Å². The number of amides is 2. The molecule has 30 heavy (non-hydrogen) atoms. The van der Waals surface area contributed by atoms with E-state index in [4.69, 9.17) is 0 Å². The minimum Gasteiger partial charge on any atom is -0.338 e. The van der Waals surface area contributed by atoms with Crippen molar-refractivity contribution in [2.75, 3.05) is 18.4 Å². The van der Waals surface area contributed by atoms with E-state index in [9.17, 15) is 9.59 Å². The van der Waals surface area contributed by atoms with Gasteiger partial charge in [-0.25, -0.2) is 9.50 Å². The van der Waals surface area contributed by atoms with Crippen LogP contribution in [0, 0.1) is 25.7 Å². The second kappa shape index (κ2) is 7.85. The van der Waals surface area contributed by atoms with Crippen LogP contribution in [0.3, 0.4) is 0 Å². The second-order valence-electron chi connectivity index (χ2n) is 8.34. The lowest BCUT2D eigenvalue weighted by Crippen LogP contribution is -2.42. The van der Waals surface area contributed by atoms with E-state index < -0.39 is 5.91 Å². The number of likely N-dealkylation sites (tertiary alicyclic amines) is 1. The lowest BCUT2D eigenvalue weighted by atomic mass is 9.91. The number of rotatable bonds is 3. The predicted octanol–water partition coefficient (Wildman–Crippen LogP) is 3.11. The summed E-state index contributed by atoms with van der Waals surface area (Å²) in [5.41, 5.74) is 2.58. The van der Waals surface area contributed by atoms with Crippen LogP contribution < -0.4 is 5.32 Å². The molecule has 2 atom stereocenters. The summed E-state index contributed by atoms with van der Waals surface area (Å²) in [5.74, 6) is 0.761. The summed E-state index contributed by atoms with van der Waals surface area (Å²) < 4.78 is 1.54. The number of nitrogens with one attached hydrogen (secondary N) is 1. The standard InChI is InChI=1S/C22H26N6O2/c1-13-9-14(2)12-27(11-13)21(30)17-7-5-6-8-18(17)24-20(29)19-25-22-23-15(3)10-16(4)28(22)26-19/h5-8,10,13-14H,9,11-12H2,1-4H3,(H,24,29). The molecular formula is C22H26N6O2. The van der Waals surface area contributed by atoms with Gasteiger partial charge < -0.3 is 10.2 Å². The topological polar surface area (TPSA) is 92.5 Å². The molecule has 1 aliphatic rings. The molecule has 8 heteroatoms. The fourth-order valence-electron chi connectivity index (χ4n) is 4.22. The average molecular weight is 406 g/mol. The first-order chi connectivity index (χ1) is 14.3. The average Bonchev–Trinajstić information content (AvgIpc) is 3.12. The van der Waals surface area contributed by atoms with E-state index in [0.717, 1.165) is 30.9 Å². The van der Waals surface area contributed by atoms with E-state index in [-0.39, 0.29) is 11.7 Å². The Kier molecular flexibility index (Phi) is 5.24. The molecule has 0 spiro atoms. The maximum atomic E-state index is 13.2. The van der Waals surface area contributed by atoms with Crippen molar-refractivity contribution >= 4 is 23.3 Å². The second-order valence-corrected chi connectivity index (χ2v) is 8.34. The molecule has 0 radical (unpaired) electrons. The summed E-state index contributed by atoms with van der Waals surface area (Å²) in [7, 11) is 0. The fourth-order valence-corrected chi connectivity index (χ4v) is 4.22. The Morgan fingerprint density at radius 2 is 1.77 bits per heavy atom. The molecule has 8 nitrogen and oxygen atoms in total. The Hall–Kier alpha value is -3.29. The highest BCUT2D eigenvalue weighted by Gasteiger charge is 2.28. The Balaban J connectivity index is 1.59. The molecule has 2 amide bonds. The van der Waals surface area contributed by atoms with Gasteiger partial charge in [0.25, 0.3) is 17.6 Å². The summed E-state index contributed by atoms with van der Waals surface area (Å²) in [4.78, 5) is 36.5. The van der Waals surface area contributed by atoms with Crippen molar-refractivity contribution < 1.29 is 9.59 Å². The van der Waals surface area contributed by atoms with Crippen molar-refractivity contribution in [1.29, 1.82) is 0 Å². The lowest BCUT2D eigenvalue weighted by Gasteiger charge is -2.35. The lowest BCUT2D eigenvalue weighted by molar-refractivity contribution is 0.0624. The third kappa shape index (κ3) is 3.90. The summed E-state index contributed by atoms with van der Waals surface area (Å²) in [5, 5.41) is 7.08. The molecule has 1 fully saturated rings. The van der Waals surface area contributed by atoms with Crippen molar-refractivity contribution in [1.82, 2.24) is 24.5 Å². The Bertz CT molecular complexity index is 1110. The Morgan fingerprint density at radius 3 is 2.50 bits per heavy atom. The quantitative estimate of drug-likeness (QED) is 0.721. The van der Waals surface area contributed by atoms with Crippen molar-refractivity contribution in [3.8, 4) is 0 Å². The van der Waals surface area contributed by atoms with Gasteiger partial charge in [-0.2, -0.15) is 4.98 Å². The number of hydrogen-bond donors (Lipinski definition) is 1. The van der Waals surface area contributed by atoms with E-state index in [1.165, 1.54) is 4.52 Å². The summed E-state index contributed by atoms with van der Waals surface area (Å²) >= 11 is 0. The number of aryl methyl sites for hydroxylation is 2. The van der Waals surface area contributed by atoms with Crippen molar-refractivity contribution in [3.05, 3.63) is 53.1 Å². The summed E-state index contributed by atoms with van der Waals surface area (Å²) in [6.07, 6.45) is 1.12. The molecule has 3 heterocycles. The van der Waals surface area contributed by atoms with Gasteiger partial charge >= 0.3 is 0 Å². The molecule has 2 unspecified atom stereocenters. The van der Waals surface area contributed by atoms with Crippen molar-refractivity contribution in [3.63, 3.8) is 0 Å². The van der Waals surface area contributed by atoms with Crippen molar-refractivity contribution in [2.24, 2.45) is 11.8 Å². The number of para-hydroxylation sites is 1. The van der Waals surface area contributed by atoms with Gasteiger partial charge in [-0.05, 0) is 50.3 Å². The third-order valence-corrected chi connectivity index (χ3v) is 5.38. The number of carbonyl (C=O) groups is 2. The Morgan fingerprint density at radius 1 is 1.07 bits per heavy atom. The third-order valence-electron chi connectivity index (χ3n) is 5.38. The van der Waals surface area contributed by atoms with E-state index in [2.05, 4.69) is 34.2 Å². The first kappa shape index (κ1) is 20.0. The maximum Gasteiger partial charge on any atom is 0.295 e. The summed E-state index contributed by atoms with van der Waals surface area (Å²) in [6.45, 7) is 9.53. The van der Waals surface area contributed by atoms with Gasteiger partial charge in [0.2, 0.25) is 5.82 Å². The van der Waals surface area contributed by atoms with E-state index >= 15 is 0 Å². The zero-order valence-electron chi connectivity index (χ0n) is 17.7. The van der Waals surface area contributed by atoms with Crippen LogP contribution in [-0.4, -0.2) is 49.4 Å². The number of piperidine rings is 1. The minimum atomic E-state index is -0.474. The van der Waals surface area contributed by atoms with Crippen LogP contribution in [0.25, 0.3) is 5.78 Å². The van der Waals surface area contributed by atoms with E-state index in [1.807, 2.05) is 24.8 Å². The number of fused-ring (bicyclic) bond motifs is 1. The van der Waals surface area contributed by atoms with Gasteiger partial charge in [0.05, 0.1) is 11.3 Å². The zero-order valence-corrected chi connectivity index (χ0v) is 17.7. The van der Waals surface area contributed by atoms with E-state index in [0.29, 0.717) is 28.9 Å². The first-order valence-corrected chi connectivity index (χ1v) is 10.2. The zero-order chi connectivity index (χ0) is 21.4. The predicted molar refractivity (Wildman–Crippen MR) is 113 cm³/mol. The molecule has 3 aromatic rings. The number of nitrogens with zero attached hydrogens (tertiary/aromatic N) is 5. The molecule has 1 aromatic carbocycles. The molecule has 1 aliphatic heterocycles. The number of carbonyl (C=O) groups excluding carboxylic acids is 2. The van der Waals surface area contributed by atoms with Gasteiger partial charge in [-0.15, -0.1) is 5.10 Å². The normalized spacial score (nSPS) is 19.1. The number of aromatic nitrogens is 4. The number of benzene rings is 1. The van der Waals surface area contributed by atoms with Gasteiger partial charge in [-0.1, -0.05) is 26.0 Å². The Labute approximate surface area is 175 Å². The van der Waals surface area contributed by atoms with Crippen LogP contribution in [-0.2, 0) is 0 Å². The first-order valence-electron chi connectivity index (χ1n) is 10.2. The van der Waals surface area contributed by atoms with Gasteiger partial charge in [0.1, 0.15) is 0 Å². The highest BCUT2D eigenvalue weighted by Crippen LogP contribution is 2.25. The number of anilines is 1. The summed E-state index contributed by atoms with van der Waals surface area (Å²) in [6, 6.07) is 8.94. The molecule has 0 aliphatic carbocycles. The minimum absolute atomic E-state index is 0.0127. The molecule has 0 bridgehead atoms. The van der Waals surface area contributed by atoms with Crippen LogP contribution in [0.15, 0.2) is 30.3 Å². The maximum absolute atomic E-state index is 13.2. The highest BCUT2D eigenvalue weighted by atomic mass is 16.2. The highest BCUT2D eigenvalue weighted by molar-refractivity contribution is 6.07. The van der Waals surface area contributed by atoms with E-state index in [1.54, 1.807) is 24.3 Å². The van der Waals surface area contributed by atoms with Crippen molar-refractivity contribution in [2.45, 2.75) is 34.1 Å². The molecule has 156 valence electrons. The smallest absolute Gasteiger partial charge is 0.295 e. The fraction of sp³-hybridized carbons (Fsp3) is 0.409. The van der Waals surface area contributed by atoms with Gasteiger partial charge in [0, 0.05) is 24.5 Å². The van der Waals surface area contributed by atoms with Crippen LogP contribution >= 0.6 is 0 Å². The number of hydrogen-bond acceptors (Lipinski definition) is 5. The molecular weight excluding hydrogens is 380 g/mol. The van der Waals surface area contributed by atoms with Crippen LogP contribution in [0.5, 0.6) is 0 Å². The van der Waals surface area contributed by atoms with Gasteiger partial charge in [-0.3, -0.25) is 9.59 Å². The SMILES string of the molecule is Cc1cc(C)n2nc(C(=O)Nc3ccccc3C(=O)N3CC(C)CC(C)C3)nc2n1.